The fraction of sp³-hybridized carbons (Fsp3) is 0.125. The third-order valence-electron chi connectivity index (χ3n) is 11.4. The van der Waals surface area contributed by atoms with Gasteiger partial charge in [0.05, 0.1) is 16.6 Å². The highest BCUT2D eigenvalue weighted by molar-refractivity contribution is 6.11. The van der Waals surface area contributed by atoms with Crippen molar-refractivity contribution < 1.29 is 4.74 Å². The van der Waals surface area contributed by atoms with Crippen molar-refractivity contribution in [1.29, 1.82) is 0 Å². The molecule has 0 fully saturated rings. The number of hydrogen-bond acceptors (Lipinski definition) is 1. The Bertz CT molecular complexity index is 2730. The van der Waals surface area contributed by atoms with Gasteiger partial charge < -0.3 is 13.9 Å². The molecule has 0 amide bonds. The summed E-state index contributed by atoms with van der Waals surface area (Å²) in [7, 11) is 0. The molecule has 51 heavy (non-hydrogen) atoms. The van der Waals surface area contributed by atoms with Crippen LogP contribution >= 0.6 is 0 Å². The predicted molar refractivity (Wildman–Crippen MR) is 212 cm³/mol. The van der Waals surface area contributed by atoms with Gasteiger partial charge in [-0.3, -0.25) is 0 Å². The van der Waals surface area contributed by atoms with E-state index in [2.05, 4.69) is 167 Å². The Morgan fingerprint density at radius 2 is 1.37 bits per heavy atom. The van der Waals surface area contributed by atoms with Crippen LogP contribution in [0.4, 0.5) is 0 Å². The topological polar surface area (TPSA) is 19.1 Å². The summed E-state index contributed by atoms with van der Waals surface area (Å²) >= 11 is 0. The molecule has 0 N–H and O–H groups in total. The molecule has 0 radical (unpaired) electrons. The number of aromatic nitrogens is 2. The average Bonchev–Trinajstić information content (AvgIpc) is 3.85. The molecular weight excluding hydrogens is 621 g/mol. The first-order valence-electron chi connectivity index (χ1n) is 18.3. The molecule has 0 saturated heterocycles. The van der Waals surface area contributed by atoms with Crippen molar-refractivity contribution in [2.75, 3.05) is 0 Å². The van der Waals surface area contributed by atoms with Crippen LogP contribution in [0.1, 0.15) is 53.1 Å². The highest BCUT2D eigenvalue weighted by Gasteiger charge is 2.38. The van der Waals surface area contributed by atoms with Crippen LogP contribution in [-0.2, 0) is 6.42 Å². The van der Waals surface area contributed by atoms with Crippen LogP contribution in [0, 0.1) is 0 Å². The summed E-state index contributed by atoms with van der Waals surface area (Å²) in [4.78, 5) is 0. The summed E-state index contributed by atoms with van der Waals surface area (Å²) in [6.07, 6.45) is 20.6. The van der Waals surface area contributed by atoms with Gasteiger partial charge in [-0.25, -0.2) is 0 Å². The standard InChI is InChI=1S/C48H36N2O/c1-3-13-34(14-4-1)49-43-20-10-7-17-36(43)40-27-31(23-25-45(40)49)33-29-39(48-42(30-33)38-19-9-12-22-47(38)51-48)32-24-26-46-41(28-32)37-18-8-11-21-44(37)50(46)35-15-5-2-6-16-35/h1,3-5,8-16,18-30,42,48H,2,6-7,17H2. The number of benzene rings is 5. The third kappa shape index (κ3) is 4.37. The minimum atomic E-state index is -0.0817. The van der Waals surface area contributed by atoms with Crippen LogP contribution in [0.2, 0.25) is 0 Å². The van der Waals surface area contributed by atoms with Crippen molar-refractivity contribution in [3.8, 4) is 11.4 Å². The zero-order valence-electron chi connectivity index (χ0n) is 28.3. The van der Waals surface area contributed by atoms with Crippen LogP contribution in [-0.4, -0.2) is 15.2 Å². The lowest BCUT2D eigenvalue weighted by Crippen LogP contribution is -2.22. The molecule has 3 nitrogen and oxygen atoms in total. The number of fused-ring (bicyclic) bond motifs is 9. The highest BCUT2D eigenvalue weighted by atomic mass is 16.5. The molecule has 4 aliphatic rings. The maximum Gasteiger partial charge on any atom is 0.135 e. The van der Waals surface area contributed by atoms with Crippen LogP contribution in [0.25, 0.3) is 61.3 Å². The lowest BCUT2D eigenvalue weighted by molar-refractivity contribution is 0.278. The second kappa shape index (κ2) is 11.2. The van der Waals surface area contributed by atoms with Crippen molar-refractivity contribution >= 4 is 55.6 Å². The third-order valence-corrected chi connectivity index (χ3v) is 11.4. The smallest absolute Gasteiger partial charge is 0.135 e. The molecule has 0 bridgehead atoms. The van der Waals surface area contributed by atoms with E-state index in [0.717, 1.165) is 31.4 Å². The SMILES string of the molecule is C1=CC(n2c3ccccc3c3cc(C4=CC(c5ccc6c(c5)c5c(n6-c6ccccc6)C=CCC5)=CC5c6ccccc6OC45)ccc32)=CCC1. The van der Waals surface area contributed by atoms with Gasteiger partial charge >= 0.3 is 0 Å². The quantitative estimate of drug-likeness (QED) is 0.184. The minimum Gasteiger partial charge on any atom is -0.484 e. The fourth-order valence-corrected chi connectivity index (χ4v) is 9.06. The number of allylic oxidation sites excluding steroid dienone is 7. The highest BCUT2D eigenvalue weighted by Crippen LogP contribution is 2.49. The predicted octanol–water partition coefficient (Wildman–Crippen LogP) is 11.9. The van der Waals surface area contributed by atoms with Gasteiger partial charge in [0.25, 0.3) is 0 Å². The molecule has 2 atom stereocenters. The lowest BCUT2D eigenvalue weighted by atomic mass is 9.80. The number of nitrogens with zero attached hydrogens (tertiary/aromatic N) is 2. The van der Waals surface area contributed by atoms with Gasteiger partial charge in [-0.1, -0.05) is 91.0 Å². The molecule has 2 unspecified atom stereocenters. The molecule has 0 saturated carbocycles. The van der Waals surface area contributed by atoms with Gasteiger partial charge in [0.2, 0.25) is 0 Å². The van der Waals surface area contributed by atoms with Crippen LogP contribution in [0.3, 0.4) is 0 Å². The van der Waals surface area contributed by atoms with E-state index in [9.17, 15) is 0 Å². The molecular formula is C48H36N2O. The summed E-state index contributed by atoms with van der Waals surface area (Å²) in [6, 6.07) is 42.3. The van der Waals surface area contributed by atoms with E-state index >= 15 is 0 Å². The van der Waals surface area contributed by atoms with Crippen LogP contribution < -0.4 is 4.74 Å². The maximum absolute atomic E-state index is 6.81. The first-order valence-corrected chi connectivity index (χ1v) is 18.3. The van der Waals surface area contributed by atoms with Crippen LogP contribution in [0.5, 0.6) is 5.75 Å². The Balaban J connectivity index is 1.10. The van der Waals surface area contributed by atoms with Crippen molar-refractivity contribution in [3.63, 3.8) is 0 Å². The van der Waals surface area contributed by atoms with Gasteiger partial charge in [0, 0.05) is 50.3 Å². The van der Waals surface area contributed by atoms with Gasteiger partial charge in [0.1, 0.15) is 11.9 Å². The molecule has 3 aliphatic carbocycles. The zero-order valence-corrected chi connectivity index (χ0v) is 28.3. The van der Waals surface area contributed by atoms with E-state index in [1.807, 2.05) is 0 Å². The van der Waals surface area contributed by atoms with Crippen molar-refractivity contribution in [2.45, 2.75) is 37.7 Å². The first kappa shape index (κ1) is 28.7. The molecule has 244 valence electrons. The van der Waals surface area contributed by atoms with Crippen molar-refractivity contribution in [2.24, 2.45) is 0 Å². The van der Waals surface area contributed by atoms with Crippen LogP contribution in [0.15, 0.2) is 152 Å². The second-order valence-corrected chi connectivity index (χ2v) is 14.2. The second-order valence-electron chi connectivity index (χ2n) is 14.2. The summed E-state index contributed by atoms with van der Waals surface area (Å²) in [6.45, 7) is 0. The Hall–Kier alpha value is -6.06. The monoisotopic (exact) mass is 656 g/mol. The molecule has 1 aliphatic heterocycles. The summed E-state index contributed by atoms with van der Waals surface area (Å²) in [5.41, 5.74) is 15.2. The van der Waals surface area contributed by atoms with Gasteiger partial charge in [-0.15, -0.1) is 0 Å². The summed E-state index contributed by atoms with van der Waals surface area (Å²) < 4.78 is 11.7. The molecule has 7 aromatic rings. The molecule has 11 rings (SSSR count). The van der Waals surface area contributed by atoms with E-state index in [1.165, 1.54) is 83.2 Å². The average molecular weight is 657 g/mol. The summed E-state index contributed by atoms with van der Waals surface area (Å²) in [5.74, 6) is 1.12. The number of aryl methyl sites for hydroxylation is 1. The molecule has 5 aromatic carbocycles. The molecule has 0 spiro atoms. The number of para-hydroxylation sites is 3. The Kier molecular flexibility index (Phi) is 6.33. The number of rotatable bonds is 4. The van der Waals surface area contributed by atoms with Gasteiger partial charge in [0.15, 0.2) is 0 Å². The lowest BCUT2D eigenvalue weighted by Gasteiger charge is -2.26. The Labute approximate surface area is 297 Å². The van der Waals surface area contributed by atoms with Gasteiger partial charge in [-0.05, 0) is 115 Å². The van der Waals surface area contributed by atoms with E-state index in [0.29, 0.717) is 0 Å². The Morgan fingerprint density at radius 1 is 0.608 bits per heavy atom. The minimum absolute atomic E-state index is 0.0817. The van der Waals surface area contributed by atoms with Crippen molar-refractivity contribution in [1.82, 2.24) is 9.13 Å². The maximum atomic E-state index is 6.81. The number of ether oxygens (including phenoxy) is 1. The summed E-state index contributed by atoms with van der Waals surface area (Å²) in [5, 5.41) is 3.90. The van der Waals surface area contributed by atoms with E-state index in [-0.39, 0.29) is 12.0 Å². The van der Waals surface area contributed by atoms with E-state index in [4.69, 9.17) is 4.74 Å². The van der Waals surface area contributed by atoms with Gasteiger partial charge in [-0.2, -0.15) is 0 Å². The molecule has 3 heteroatoms. The van der Waals surface area contributed by atoms with E-state index < -0.39 is 0 Å². The molecule has 3 heterocycles. The Morgan fingerprint density at radius 3 is 2.27 bits per heavy atom. The zero-order chi connectivity index (χ0) is 33.5. The van der Waals surface area contributed by atoms with E-state index in [1.54, 1.807) is 0 Å². The number of hydrogen-bond donors (Lipinski definition) is 0. The fourth-order valence-electron chi connectivity index (χ4n) is 9.06. The largest absolute Gasteiger partial charge is 0.484 e. The normalized spacial score (nSPS) is 19.0. The van der Waals surface area contributed by atoms with Crippen molar-refractivity contribution in [3.05, 3.63) is 180 Å². The molecule has 2 aromatic heterocycles. The first-order chi connectivity index (χ1) is 25.3.